The number of hydrogen-bond donors (Lipinski definition) is 1. The minimum Gasteiger partial charge on any atom is -0.487 e. The molecule has 2 aromatic carbocycles. The number of allylic oxidation sites excluding steroid dienone is 2. The number of methoxy groups -OCH3 is 1. The van der Waals surface area contributed by atoms with Crippen molar-refractivity contribution >= 4 is 43.6 Å². The molecule has 9 heteroatoms. The molecule has 0 amide bonds. The van der Waals surface area contributed by atoms with Crippen LogP contribution in [-0.2, 0) is 25.7 Å². The summed E-state index contributed by atoms with van der Waals surface area (Å²) < 4.78 is 30.9. The Morgan fingerprint density at radius 3 is 2.48 bits per heavy atom. The summed E-state index contributed by atoms with van der Waals surface area (Å²) in [6.07, 6.45) is 1.59. The number of nitrogens with two attached hydrogens (primary N) is 1. The van der Waals surface area contributed by atoms with E-state index in [4.69, 9.17) is 19.9 Å². The first kappa shape index (κ1) is 23.5. The number of ether oxygens (including phenoxy) is 3. The van der Waals surface area contributed by atoms with Crippen LogP contribution in [0, 0.1) is 5.82 Å². The van der Waals surface area contributed by atoms with Crippen molar-refractivity contribution in [1.29, 1.82) is 0 Å². The van der Waals surface area contributed by atoms with E-state index in [0.29, 0.717) is 50.9 Å². The maximum Gasteiger partial charge on any atom is 0.340 e. The molecule has 0 saturated carbocycles. The molecule has 0 saturated heterocycles. The number of hydrogen-bond acceptors (Lipinski definition) is 6. The predicted octanol–water partition coefficient (Wildman–Crippen LogP) is 5.39. The number of ketones is 1. The second-order valence-electron chi connectivity index (χ2n) is 7.65. The van der Waals surface area contributed by atoms with Crippen LogP contribution in [0.15, 0.2) is 68.1 Å². The van der Waals surface area contributed by atoms with Crippen molar-refractivity contribution in [1.82, 2.24) is 0 Å². The molecule has 0 bridgehead atoms. The van der Waals surface area contributed by atoms with Crippen LogP contribution in [0.4, 0.5) is 4.39 Å². The minimum atomic E-state index is -0.729. The number of Topliss-reactive ketones (excluding diaryl/α,β-unsaturated/α-hetero) is 1. The number of esters is 1. The summed E-state index contributed by atoms with van der Waals surface area (Å²) in [4.78, 5) is 25.5. The number of halogens is 3. The first-order chi connectivity index (χ1) is 15.8. The lowest BCUT2D eigenvalue weighted by Crippen LogP contribution is -2.31. The summed E-state index contributed by atoms with van der Waals surface area (Å²) in [5.41, 5.74) is 8.07. The molecular formula is C24H20Br2FNO5. The molecule has 0 fully saturated rings. The van der Waals surface area contributed by atoms with Crippen LogP contribution in [0.5, 0.6) is 5.75 Å². The lowest BCUT2D eigenvalue weighted by molar-refractivity contribution is -0.136. The van der Waals surface area contributed by atoms with Crippen LogP contribution in [0.2, 0.25) is 0 Å². The molecule has 2 N–H and O–H groups in total. The van der Waals surface area contributed by atoms with Gasteiger partial charge in [0.1, 0.15) is 29.5 Å². The zero-order chi connectivity index (χ0) is 23.7. The van der Waals surface area contributed by atoms with Gasteiger partial charge in [-0.2, -0.15) is 0 Å². The van der Waals surface area contributed by atoms with E-state index in [1.807, 2.05) is 0 Å². The second-order valence-corrected chi connectivity index (χ2v) is 9.36. The van der Waals surface area contributed by atoms with Gasteiger partial charge in [0.15, 0.2) is 5.78 Å². The normalized spacial score (nSPS) is 18.1. The van der Waals surface area contributed by atoms with Gasteiger partial charge in [-0.25, -0.2) is 9.18 Å². The summed E-state index contributed by atoms with van der Waals surface area (Å²) in [6, 6.07) is 9.59. The Bertz CT molecular complexity index is 1170. The molecule has 1 aliphatic carbocycles. The van der Waals surface area contributed by atoms with Crippen molar-refractivity contribution in [3.05, 3.63) is 85.1 Å². The van der Waals surface area contributed by atoms with Gasteiger partial charge in [-0.1, -0.05) is 12.1 Å². The van der Waals surface area contributed by atoms with Crippen molar-refractivity contribution in [3.8, 4) is 5.75 Å². The third kappa shape index (κ3) is 4.70. The van der Waals surface area contributed by atoms with Crippen LogP contribution < -0.4 is 10.5 Å². The summed E-state index contributed by atoms with van der Waals surface area (Å²) in [5.74, 6) is -0.843. The van der Waals surface area contributed by atoms with Crippen molar-refractivity contribution in [2.24, 2.45) is 5.73 Å². The van der Waals surface area contributed by atoms with Gasteiger partial charge in [0.05, 0.1) is 22.0 Å². The molecule has 0 unspecified atom stereocenters. The fraction of sp³-hybridized carbons (Fsp3) is 0.250. The maximum atomic E-state index is 13.1. The Hall–Kier alpha value is -2.65. The van der Waals surface area contributed by atoms with Crippen LogP contribution in [0.25, 0.3) is 0 Å². The van der Waals surface area contributed by atoms with Crippen molar-refractivity contribution in [3.63, 3.8) is 0 Å². The van der Waals surface area contributed by atoms with E-state index in [1.165, 1.54) is 19.2 Å². The fourth-order valence-corrected chi connectivity index (χ4v) is 5.47. The average molecular weight is 581 g/mol. The highest BCUT2D eigenvalue weighted by Crippen LogP contribution is 2.46. The van der Waals surface area contributed by atoms with Crippen molar-refractivity contribution in [2.45, 2.75) is 31.8 Å². The Labute approximate surface area is 206 Å². The largest absolute Gasteiger partial charge is 0.487 e. The third-order valence-corrected chi connectivity index (χ3v) is 6.72. The van der Waals surface area contributed by atoms with E-state index in [2.05, 4.69) is 31.9 Å². The average Bonchev–Trinajstić information content (AvgIpc) is 2.78. The summed E-state index contributed by atoms with van der Waals surface area (Å²) in [5, 5.41) is 0. The Kier molecular flexibility index (Phi) is 6.90. The van der Waals surface area contributed by atoms with Crippen LogP contribution in [0.3, 0.4) is 0 Å². The monoisotopic (exact) mass is 579 g/mol. The number of carbonyl (C=O) groups excluding carboxylic acids is 2. The highest BCUT2D eigenvalue weighted by molar-refractivity contribution is 9.11. The third-order valence-electron chi connectivity index (χ3n) is 5.54. The first-order valence-corrected chi connectivity index (χ1v) is 11.8. The van der Waals surface area contributed by atoms with Gasteiger partial charge in [-0.05, 0) is 73.7 Å². The standard InChI is InChI=1S/C24H20Br2FNO5/c1-31-24(30)21-19(20-17(29)3-2-4-18(20)33-23(21)28)13-9-15(25)22(16(26)10-13)32-11-12-5-7-14(27)8-6-12/h5-10,19H,2-4,11,28H2,1H3/t19-/m1/s1. The van der Waals surface area contributed by atoms with Crippen molar-refractivity contribution < 1.29 is 28.2 Å². The number of benzene rings is 2. The van der Waals surface area contributed by atoms with E-state index in [1.54, 1.807) is 24.3 Å². The predicted molar refractivity (Wildman–Crippen MR) is 126 cm³/mol. The molecule has 0 radical (unpaired) electrons. The Morgan fingerprint density at radius 2 is 1.85 bits per heavy atom. The van der Waals surface area contributed by atoms with Crippen LogP contribution >= 0.6 is 31.9 Å². The molecule has 1 atom stereocenters. The molecule has 33 heavy (non-hydrogen) atoms. The molecule has 0 spiro atoms. The maximum absolute atomic E-state index is 13.1. The van der Waals surface area contributed by atoms with E-state index in [9.17, 15) is 14.0 Å². The van der Waals surface area contributed by atoms with Gasteiger partial charge in [-0.3, -0.25) is 4.79 Å². The minimum absolute atomic E-state index is 0.0656. The first-order valence-electron chi connectivity index (χ1n) is 10.2. The highest BCUT2D eigenvalue weighted by Gasteiger charge is 2.41. The van der Waals surface area contributed by atoms with E-state index in [0.717, 1.165) is 5.56 Å². The van der Waals surface area contributed by atoms with Gasteiger partial charge < -0.3 is 19.9 Å². The summed E-state index contributed by atoms with van der Waals surface area (Å²) >= 11 is 7.06. The van der Waals surface area contributed by atoms with Gasteiger partial charge in [0, 0.05) is 18.4 Å². The quantitative estimate of drug-likeness (QED) is 0.477. The van der Waals surface area contributed by atoms with Crippen molar-refractivity contribution in [2.75, 3.05) is 7.11 Å². The zero-order valence-corrected chi connectivity index (χ0v) is 20.8. The molecule has 1 heterocycles. The van der Waals surface area contributed by atoms with E-state index in [-0.39, 0.29) is 29.7 Å². The molecule has 2 aliphatic rings. The van der Waals surface area contributed by atoms with Gasteiger partial charge >= 0.3 is 5.97 Å². The number of rotatable bonds is 5. The lowest BCUT2D eigenvalue weighted by atomic mass is 9.77. The smallest absolute Gasteiger partial charge is 0.340 e. The number of carbonyl (C=O) groups is 2. The Morgan fingerprint density at radius 1 is 1.18 bits per heavy atom. The molecule has 4 rings (SSSR count). The van der Waals surface area contributed by atoms with Gasteiger partial charge in [0.25, 0.3) is 0 Å². The highest BCUT2D eigenvalue weighted by atomic mass is 79.9. The van der Waals surface area contributed by atoms with E-state index >= 15 is 0 Å². The SMILES string of the molecule is COC(=O)C1=C(N)OC2=C(C(=O)CCC2)[C@H]1c1cc(Br)c(OCc2ccc(F)cc2)c(Br)c1. The summed E-state index contributed by atoms with van der Waals surface area (Å²) in [7, 11) is 1.25. The van der Waals surface area contributed by atoms with E-state index < -0.39 is 11.9 Å². The summed E-state index contributed by atoms with van der Waals surface area (Å²) in [6.45, 7) is 0.224. The molecular weight excluding hydrogens is 561 g/mol. The van der Waals surface area contributed by atoms with Crippen LogP contribution in [0.1, 0.15) is 36.3 Å². The van der Waals surface area contributed by atoms with Crippen LogP contribution in [-0.4, -0.2) is 18.9 Å². The fourth-order valence-electron chi connectivity index (χ4n) is 4.02. The lowest BCUT2D eigenvalue weighted by Gasteiger charge is -2.32. The molecule has 172 valence electrons. The van der Waals surface area contributed by atoms with Gasteiger partial charge in [-0.15, -0.1) is 0 Å². The second kappa shape index (κ2) is 9.69. The molecule has 1 aliphatic heterocycles. The zero-order valence-electron chi connectivity index (χ0n) is 17.6. The molecule has 6 nitrogen and oxygen atoms in total. The molecule has 0 aromatic heterocycles. The molecule has 2 aromatic rings. The van der Waals surface area contributed by atoms with Gasteiger partial charge in [0.2, 0.25) is 5.88 Å². The topological polar surface area (TPSA) is 87.9 Å². The Balaban J connectivity index is 1.73.